The average Bonchev–Trinajstić information content (AvgIpc) is 2.94. The van der Waals surface area contributed by atoms with Gasteiger partial charge < -0.3 is 15.1 Å². The Hall–Kier alpha value is -2.96. The van der Waals surface area contributed by atoms with E-state index < -0.39 is 0 Å². The highest BCUT2D eigenvalue weighted by molar-refractivity contribution is 5.94. The van der Waals surface area contributed by atoms with E-state index in [-0.39, 0.29) is 11.9 Å². The molecule has 3 amide bonds. The molecule has 0 saturated carbocycles. The van der Waals surface area contributed by atoms with Crippen molar-refractivity contribution in [3.05, 3.63) is 54.1 Å². The fraction of sp³-hybridized carbons (Fsp3) is 0.400. The number of aromatic nitrogens is 2. The van der Waals surface area contributed by atoms with E-state index in [1.807, 2.05) is 6.07 Å². The third-order valence-corrected chi connectivity index (χ3v) is 4.62. The minimum Gasteiger partial charge on any atom is -0.337 e. The van der Waals surface area contributed by atoms with Gasteiger partial charge in [-0.25, -0.2) is 4.79 Å². The molecule has 0 bridgehead atoms. The van der Waals surface area contributed by atoms with Gasteiger partial charge in [-0.1, -0.05) is 13.8 Å². The molecule has 27 heavy (non-hydrogen) atoms. The van der Waals surface area contributed by atoms with Gasteiger partial charge in [0.25, 0.3) is 5.91 Å². The van der Waals surface area contributed by atoms with E-state index in [4.69, 9.17) is 0 Å². The second-order valence-corrected chi connectivity index (χ2v) is 6.92. The van der Waals surface area contributed by atoms with Crippen molar-refractivity contribution in [2.24, 2.45) is 0 Å². The van der Waals surface area contributed by atoms with Crippen LogP contribution in [0.1, 0.15) is 42.2 Å². The molecule has 7 heteroatoms. The van der Waals surface area contributed by atoms with Crippen molar-refractivity contribution in [3.8, 4) is 0 Å². The minimum atomic E-state index is -0.144. The molecule has 0 aliphatic carbocycles. The van der Waals surface area contributed by atoms with Gasteiger partial charge in [0.05, 0.1) is 0 Å². The van der Waals surface area contributed by atoms with Crippen LogP contribution >= 0.6 is 0 Å². The van der Waals surface area contributed by atoms with Crippen molar-refractivity contribution in [1.82, 2.24) is 19.8 Å². The number of carbonyl (C=O) groups excluding carboxylic acids is 2. The van der Waals surface area contributed by atoms with Crippen LogP contribution in [0.25, 0.3) is 0 Å². The summed E-state index contributed by atoms with van der Waals surface area (Å²) in [6.45, 7) is 6.41. The molecule has 2 aromatic heterocycles. The van der Waals surface area contributed by atoms with Gasteiger partial charge in [0, 0.05) is 61.7 Å². The predicted molar refractivity (Wildman–Crippen MR) is 104 cm³/mol. The Morgan fingerprint density at radius 1 is 1.00 bits per heavy atom. The minimum absolute atomic E-state index is 0.0182. The number of carbonyl (C=O) groups is 2. The van der Waals surface area contributed by atoms with E-state index in [0.717, 1.165) is 17.8 Å². The summed E-state index contributed by atoms with van der Waals surface area (Å²) in [5.41, 5.74) is 2.31. The zero-order chi connectivity index (χ0) is 19.2. The summed E-state index contributed by atoms with van der Waals surface area (Å²) in [7, 11) is 0. The zero-order valence-electron chi connectivity index (χ0n) is 15.8. The topological polar surface area (TPSA) is 78.4 Å². The van der Waals surface area contributed by atoms with Crippen molar-refractivity contribution < 1.29 is 9.59 Å². The summed E-state index contributed by atoms with van der Waals surface area (Å²) < 4.78 is 0. The maximum Gasteiger partial charge on any atom is 0.321 e. The van der Waals surface area contributed by atoms with Crippen molar-refractivity contribution >= 4 is 17.6 Å². The lowest BCUT2D eigenvalue weighted by molar-refractivity contribution is 0.0762. The van der Waals surface area contributed by atoms with E-state index in [1.54, 1.807) is 46.6 Å². The SMILES string of the molecule is CC(C)c1cc(NC(=O)N2CCCN(C(=O)c3ccncc3)CC2)ccn1. The number of nitrogens with zero attached hydrogens (tertiary/aromatic N) is 4. The van der Waals surface area contributed by atoms with Gasteiger partial charge in [0.2, 0.25) is 0 Å². The maximum atomic E-state index is 12.6. The summed E-state index contributed by atoms with van der Waals surface area (Å²) in [4.78, 5) is 37.0. The van der Waals surface area contributed by atoms with Gasteiger partial charge in [-0.3, -0.25) is 14.8 Å². The van der Waals surface area contributed by atoms with Crippen molar-refractivity contribution in [2.45, 2.75) is 26.2 Å². The Balaban J connectivity index is 1.60. The lowest BCUT2D eigenvalue weighted by atomic mass is 10.1. The first-order valence-electron chi connectivity index (χ1n) is 9.26. The van der Waals surface area contributed by atoms with Crippen LogP contribution in [0.15, 0.2) is 42.9 Å². The number of rotatable bonds is 3. The molecule has 3 heterocycles. The highest BCUT2D eigenvalue weighted by Gasteiger charge is 2.23. The number of amides is 3. The molecular weight excluding hydrogens is 342 g/mol. The standard InChI is InChI=1S/C20H25N5O2/c1-15(2)18-14-17(6-9-22-18)23-20(27)25-11-3-10-24(12-13-25)19(26)16-4-7-21-8-5-16/h4-9,14-15H,3,10-13H2,1-2H3,(H,22,23,27). The number of urea groups is 1. The molecule has 1 saturated heterocycles. The van der Waals surface area contributed by atoms with Gasteiger partial charge in [-0.2, -0.15) is 0 Å². The zero-order valence-corrected chi connectivity index (χ0v) is 15.8. The number of hydrogen-bond acceptors (Lipinski definition) is 4. The first-order chi connectivity index (χ1) is 13.0. The van der Waals surface area contributed by atoms with Gasteiger partial charge in [-0.05, 0) is 36.6 Å². The van der Waals surface area contributed by atoms with Crippen LogP contribution in [0.4, 0.5) is 10.5 Å². The van der Waals surface area contributed by atoms with Crippen LogP contribution in [0.3, 0.4) is 0 Å². The third kappa shape index (κ3) is 4.81. The van der Waals surface area contributed by atoms with E-state index in [9.17, 15) is 9.59 Å². The Morgan fingerprint density at radius 3 is 2.44 bits per heavy atom. The third-order valence-electron chi connectivity index (χ3n) is 4.62. The molecule has 1 N–H and O–H groups in total. The Kier molecular flexibility index (Phi) is 6.01. The van der Waals surface area contributed by atoms with Crippen LogP contribution in [-0.4, -0.2) is 57.9 Å². The number of pyridine rings is 2. The molecule has 0 radical (unpaired) electrons. The molecule has 7 nitrogen and oxygen atoms in total. The molecule has 0 spiro atoms. The first kappa shape index (κ1) is 18.8. The summed E-state index contributed by atoms with van der Waals surface area (Å²) >= 11 is 0. The Morgan fingerprint density at radius 2 is 1.70 bits per heavy atom. The lowest BCUT2D eigenvalue weighted by Crippen LogP contribution is -2.39. The quantitative estimate of drug-likeness (QED) is 0.905. The van der Waals surface area contributed by atoms with Crippen LogP contribution in [0, 0.1) is 0 Å². The second kappa shape index (κ2) is 8.62. The Bertz CT molecular complexity index is 794. The van der Waals surface area contributed by atoms with Crippen LogP contribution in [-0.2, 0) is 0 Å². The molecule has 0 aromatic carbocycles. The molecule has 1 aliphatic heterocycles. The van der Waals surface area contributed by atoms with Gasteiger partial charge in [-0.15, -0.1) is 0 Å². The fourth-order valence-electron chi connectivity index (χ4n) is 3.05. The first-order valence-corrected chi connectivity index (χ1v) is 9.26. The van der Waals surface area contributed by atoms with Crippen LogP contribution < -0.4 is 5.32 Å². The van der Waals surface area contributed by atoms with Gasteiger partial charge >= 0.3 is 6.03 Å². The molecule has 2 aromatic rings. The van der Waals surface area contributed by atoms with Gasteiger partial charge in [0.1, 0.15) is 0 Å². The second-order valence-electron chi connectivity index (χ2n) is 6.92. The predicted octanol–water partition coefficient (Wildman–Crippen LogP) is 2.98. The largest absolute Gasteiger partial charge is 0.337 e. The Labute approximate surface area is 159 Å². The molecule has 0 atom stereocenters. The fourth-order valence-corrected chi connectivity index (χ4v) is 3.05. The highest BCUT2D eigenvalue weighted by Crippen LogP contribution is 2.17. The number of anilines is 1. The van der Waals surface area contributed by atoms with Crippen LogP contribution in [0.2, 0.25) is 0 Å². The molecule has 1 fully saturated rings. The van der Waals surface area contributed by atoms with Crippen molar-refractivity contribution in [2.75, 3.05) is 31.5 Å². The van der Waals surface area contributed by atoms with Gasteiger partial charge in [0.15, 0.2) is 0 Å². The molecule has 1 aliphatic rings. The van der Waals surface area contributed by atoms with E-state index >= 15 is 0 Å². The molecule has 142 valence electrons. The smallest absolute Gasteiger partial charge is 0.321 e. The van der Waals surface area contributed by atoms with E-state index in [0.29, 0.717) is 37.7 Å². The summed E-state index contributed by atoms with van der Waals surface area (Å²) in [5, 5.41) is 2.95. The van der Waals surface area contributed by atoms with E-state index in [2.05, 4.69) is 29.1 Å². The summed E-state index contributed by atoms with van der Waals surface area (Å²) in [6.07, 6.45) is 5.69. The van der Waals surface area contributed by atoms with Crippen molar-refractivity contribution in [1.29, 1.82) is 0 Å². The van der Waals surface area contributed by atoms with E-state index in [1.165, 1.54) is 0 Å². The number of nitrogens with one attached hydrogen (secondary N) is 1. The molecular formula is C20H25N5O2. The maximum absolute atomic E-state index is 12.6. The van der Waals surface area contributed by atoms with Crippen LogP contribution in [0.5, 0.6) is 0 Å². The molecule has 0 unspecified atom stereocenters. The normalized spacial score (nSPS) is 14.8. The highest BCUT2D eigenvalue weighted by atomic mass is 16.2. The summed E-state index contributed by atoms with van der Waals surface area (Å²) in [5.74, 6) is 0.281. The number of hydrogen-bond donors (Lipinski definition) is 1. The lowest BCUT2D eigenvalue weighted by Gasteiger charge is -2.22. The average molecular weight is 367 g/mol. The van der Waals surface area contributed by atoms with Crippen molar-refractivity contribution in [3.63, 3.8) is 0 Å². The molecule has 3 rings (SSSR count). The summed E-state index contributed by atoms with van der Waals surface area (Å²) in [6, 6.07) is 6.98. The monoisotopic (exact) mass is 367 g/mol.